The predicted octanol–water partition coefficient (Wildman–Crippen LogP) is 11.1. The van der Waals surface area contributed by atoms with Gasteiger partial charge >= 0.3 is 96.6 Å². The minimum atomic E-state index is -7.48. The summed E-state index contributed by atoms with van der Waals surface area (Å²) < 4.78 is 423. The van der Waals surface area contributed by atoms with Crippen molar-refractivity contribution in [1.82, 2.24) is 14.6 Å². The van der Waals surface area contributed by atoms with Gasteiger partial charge in [-0.1, -0.05) is 0 Å². The Balaban J connectivity index is 4.55. The Bertz CT molecular complexity index is 1160. The number of rotatable bonds is 18. The van der Waals surface area contributed by atoms with Gasteiger partial charge < -0.3 is 0 Å². The topological polar surface area (TPSA) is 91.5 Å². The molecule has 0 aromatic carbocycles. The lowest BCUT2D eigenvalue weighted by molar-refractivity contribution is -0.295. The van der Waals surface area contributed by atoms with Gasteiger partial charge in [-0.05, 0) is 0 Å². The van der Waals surface area contributed by atoms with Crippen molar-refractivity contribution in [1.29, 1.82) is 0 Å². The van der Waals surface area contributed by atoms with E-state index >= 15 is 0 Å². The van der Waals surface area contributed by atoms with Crippen molar-refractivity contribution in [3.63, 3.8) is 0 Å². The predicted molar refractivity (Wildman–Crippen MR) is 132 cm³/mol. The van der Waals surface area contributed by atoms with E-state index in [0.717, 1.165) is 0 Å². The molecule has 0 aliphatic carbocycles. The molecule has 1 saturated heterocycles. The molecule has 0 unspecified atom stereocenters. The lowest BCUT2D eigenvalue weighted by Crippen LogP contribution is -2.54. The molecule has 0 atom stereocenters. The number of hydrogen-bond donors (Lipinski definition) is 3. The van der Waals surface area contributed by atoms with Gasteiger partial charge in [-0.15, -0.1) is 0 Å². The number of alkyl halides is 30. The first-order valence-corrected chi connectivity index (χ1v) is 18.3. The second kappa shape index (κ2) is 17.3. The monoisotopic (exact) mass is 1030 g/mol. The van der Waals surface area contributed by atoms with E-state index in [-0.39, 0.29) is 0 Å². The molecule has 0 aromatic heterocycles. The molecule has 0 amide bonds. The van der Waals surface area contributed by atoms with Gasteiger partial charge in [-0.3, -0.25) is 0 Å². The van der Waals surface area contributed by atoms with Gasteiger partial charge in [-0.2, -0.15) is 159 Å². The van der Waals surface area contributed by atoms with E-state index in [1.807, 2.05) is 0 Å². The summed E-state index contributed by atoms with van der Waals surface area (Å²) in [5.41, 5.74) is 0. The summed E-state index contributed by atoms with van der Waals surface area (Å²) in [6.45, 7) is -23.4. The van der Waals surface area contributed by atoms with Crippen LogP contribution < -0.4 is 14.6 Å². The molecule has 1 aliphatic rings. The largest absolute Gasteiger partial charge is 0.510 e. The van der Waals surface area contributed by atoms with E-state index in [2.05, 4.69) is 27.1 Å². The van der Waals surface area contributed by atoms with Gasteiger partial charge in [0.05, 0.1) is 14.6 Å². The average Bonchev–Trinajstić information content (AvgIpc) is 3.00. The maximum Gasteiger partial charge on any atom is 0.510 e. The zero-order chi connectivity index (χ0) is 48.1. The summed E-state index contributed by atoms with van der Waals surface area (Å²) in [5.74, 6) is -40.4. The molecule has 0 saturated carbocycles. The van der Waals surface area contributed by atoms with Gasteiger partial charge in [0.2, 0.25) is 0 Å². The van der Waals surface area contributed by atoms with Crippen molar-refractivity contribution in [2.45, 2.75) is 72.6 Å². The van der Waals surface area contributed by atoms with Crippen LogP contribution in [0.15, 0.2) is 0 Å². The third-order valence-corrected chi connectivity index (χ3v) is 15.1. The summed E-state index contributed by atoms with van der Waals surface area (Å²) in [4.78, 5) is 1.03. The summed E-state index contributed by atoms with van der Waals surface area (Å²) in [5, 5.41) is 0. The van der Waals surface area contributed by atoms with Crippen LogP contribution in [0.5, 0.6) is 0 Å². The normalized spacial score (nSPS) is 19.5. The molecule has 3 N–H and O–H groups in total. The Morgan fingerprint density at radius 3 is 0.400 bits per heavy atom. The first kappa shape index (κ1) is 56.8. The number of nitrogens with one attached hydrogen (secondary N) is 3. The molecule has 1 rings (SSSR count). The number of halogens is 30. The Morgan fingerprint density at radius 2 is 0.317 bits per heavy atom. The Hall–Kier alpha value is -1.17. The van der Waals surface area contributed by atoms with E-state index in [0.29, 0.717) is 14.6 Å². The van der Waals surface area contributed by atoms with Crippen molar-refractivity contribution in [2.75, 3.05) is 39.6 Å². The zero-order valence-corrected chi connectivity index (χ0v) is 29.6. The smallest absolute Gasteiger partial charge is 0.193 e. The number of hydrogen-bond acceptors (Lipinski definition) is 9. The van der Waals surface area contributed by atoms with E-state index in [9.17, 15) is 132 Å². The van der Waals surface area contributed by atoms with Gasteiger partial charge in [0.15, 0.2) is 39.6 Å². The van der Waals surface area contributed by atoms with Gasteiger partial charge in [0.1, 0.15) is 0 Å². The fraction of sp³-hybridized carbons (Fsp3) is 1.00. The molecule has 1 fully saturated rings. The second-order valence-corrected chi connectivity index (χ2v) is 18.1. The Kier molecular flexibility index (Phi) is 16.4. The molecular weight excluding hydrogens is 1020 g/mol. The van der Waals surface area contributed by atoms with Crippen LogP contribution in [-0.2, 0) is 27.1 Å². The highest BCUT2D eigenvalue weighted by Gasteiger charge is 2.84. The molecule has 0 spiro atoms. The minimum Gasteiger partial charge on any atom is -0.193 e. The van der Waals surface area contributed by atoms with Crippen LogP contribution in [-0.4, -0.2) is 112 Å². The van der Waals surface area contributed by atoms with Crippen LogP contribution in [0.4, 0.5) is 132 Å². The van der Waals surface area contributed by atoms with Crippen molar-refractivity contribution >= 4 is 24.1 Å². The molecule has 1 aliphatic heterocycles. The first-order valence-electron chi connectivity index (χ1n) is 13.5. The highest BCUT2D eigenvalue weighted by molar-refractivity contribution is 7.92. The van der Waals surface area contributed by atoms with Crippen LogP contribution in [0.25, 0.3) is 0 Å². The first-order chi connectivity index (χ1) is 25.9. The van der Waals surface area contributed by atoms with Crippen molar-refractivity contribution in [2.24, 2.45) is 0 Å². The highest BCUT2D eigenvalue weighted by atomic mass is 31.3. The second-order valence-electron chi connectivity index (χ2n) is 10.8. The fourth-order valence-electron chi connectivity index (χ4n) is 2.57. The van der Waals surface area contributed by atoms with Crippen LogP contribution in [0, 0.1) is 0 Å². The summed E-state index contributed by atoms with van der Waals surface area (Å²) in [6.07, 6.45) is -42.8. The van der Waals surface area contributed by atoms with Gasteiger partial charge in [-0.25, -0.2) is 0 Å². The lowest BCUT2D eigenvalue weighted by Gasteiger charge is -2.37. The molecule has 0 bridgehead atoms. The van der Waals surface area contributed by atoms with Crippen LogP contribution >= 0.6 is 24.1 Å². The summed E-state index contributed by atoms with van der Waals surface area (Å²) in [6, 6.07) is 0. The van der Waals surface area contributed by atoms with Crippen LogP contribution in [0.2, 0.25) is 0 Å². The molecule has 60 heavy (non-hydrogen) atoms. The molecule has 360 valence electrons. The van der Waals surface area contributed by atoms with E-state index in [1.54, 1.807) is 0 Å². The maximum atomic E-state index is 14.0. The zero-order valence-electron chi connectivity index (χ0n) is 26.9. The van der Waals surface area contributed by atoms with Gasteiger partial charge in [0.25, 0.3) is 0 Å². The van der Waals surface area contributed by atoms with E-state index < -0.39 is 136 Å². The van der Waals surface area contributed by atoms with Crippen molar-refractivity contribution < 1.29 is 159 Å². The Morgan fingerprint density at radius 1 is 0.217 bits per heavy atom. The van der Waals surface area contributed by atoms with Crippen LogP contribution in [0.1, 0.15) is 0 Å². The Labute approximate surface area is 310 Å². The molecule has 9 nitrogen and oxygen atoms in total. The van der Waals surface area contributed by atoms with Crippen molar-refractivity contribution in [3.05, 3.63) is 0 Å². The fourth-order valence-corrected chi connectivity index (χ4v) is 13.5. The molecule has 1 heterocycles. The van der Waals surface area contributed by atoms with Crippen molar-refractivity contribution in [3.8, 4) is 0 Å². The lowest BCUT2D eigenvalue weighted by atomic mass is 10.3. The third kappa shape index (κ3) is 13.9. The molecule has 0 aromatic rings. The summed E-state index contributed by atoms with van der Waals surface area (Å²) >= 11 is 0. The molecular formula is C18H15F30N3O6P3+3. The molecule has 42 heteroatoms. The molecule has 0 radical (unpaired) electrons. The third-order valence-electron chi connectivity index (χ3n) is 5.84. The average molecular weight is 1030 g/mol. The van der Waals surface area contributed by atoms with Gasteiger partial charge in [0, 0.05) is 0 Å². The van der Waals surface area contributed by atoms with Crippen LogP contribution in [0.3, 0.4) is 0 Å². The van der Waals surface area contributed by atoms with E-state index in [4.69, 9.17) is 0 Å². The van der Waals surface area contributed by atoms with E-state index in [1.165, 1.54) is 0 Å². The minimum absolute atomic E-state index is 0.343. The standard InChI is InChI=1S/C18H15F30N3O6P3/c19-7(20,13(31,32)33)1-52-58(53-2-8(21,22)14(34,35)36)49-59(54-3-9(23,24)15(37,38)39,55-4-10(25,26)16(40,41)42)51-60(50-58,56-5-11(27,28)17(43,44)45)57-6-12(29,30)18(46,47)48/h49-51H,1-6H2/q+3. The highest BCUT2D eigenvalue weighted by Crippen LogP contribution is 2.83. The SMILES string of the molecule is FC(F)(F)C(F)(F)CO[P+]1(OCC(F)(F)C(F)(F)F)N[P+](OCC(F)(F)C(F)(F)F)(OCC(F)(F)C(F)(F)F)N[P+](OCC(F)(F)C(F)(F)F)(OCC(F)(F)C(F)(F)F)N1. The quantitative estimate of drug-likeness (QED) is 0.0917. The summed E-state index contributed by atoms with van der Waals surface area (Å²) in [7, 11) is -22.5. The maximum absolute atomic E-state index is 14.0.